The highest BCUT2D eigenvalue weighted by Gasteiger charge is 2.42. The number of anilines is 1. The van der Waals surface area contributed by atoms with E-state index in [9.17, 15) is 18.5 Å². The first kappa shape index (κ1) is 31.5. The van der Waals surface area contributed by atoms with Gasteiger partial charge in [-0.25, -0.2) is 27.2 Å². The number of hydrogen-bond donors (Lipinski definition) is 1. The molecular formula is C33H40F2N6O3S. The van der Waals surface area contributed by atoms with Crippen LogP contribution in [0.25, 0.3) is 11.0 Å². The van der Waals surface area contributed by atoms with Gasteiger partial charge in [-0.05, 0) is 62.8 Å². The van der Waals surface area contributed by atoms with E-state index in [2.05, 4.69) is 26.3 Å². The minimum Gasteiger partial charge on any atom is -0.363 e. The third kappa shape index (κ3) is 6.47. The van der Waals surface area contributed by atoms with Gasteiger partial charge in [0, 0.05) is 43.2 Å². The number of aromatic nitrogens is 3. The van der Waals surface area contributed by atoms with Crippen LogP contribution in [0, 0.1) is 17.2 Å². The van der Waals surface area contributed by atoms with Crippen LogP contribution in [0.15, 0.2) is 41.5 Å². The van der Waals surface area contributed by atoms with Gasteiger partial charge in [0.2, 0.25) is 0 Å². The predicted molar refractivity (Wildman–Crippen MR) is 169 cm³/mol. The molecule has 9 nitrogen and oxygen atoms in total. The summed E-state index contributed by atoms with van der Waals surface area (Å²) in [7, 11) is -3.29. The number of nitriles is 1. The van der Waals surface area contributed by atoms with E-state index in [1.807, 2.05) is 6.92 Å². The van der Waals surface area contributed by atoms with Crippen LogP contribution in [-0.4, -0.2) is 59.0 Å². The summed E-state index contributed by atoms with van der Waals surface area (Å²) in [5.41, 5.74) is -0.250. The number of benzene rings is 1. The van der Waals surface area contributed by atoms with E-state index in [4.69, 9.17) is 0 Å². The molecule has 1 N–H and O–H groups in total. The van der Waals surface area contributed by atoms with Crippen molar-refractivity contribution in [3.8, 4) is 6.07 Å². The molecule has 2 fully saturated rings. The largest absolute Gasteiger partial charge is 0.363 e. The first-order valence-corrected chi connectivity index (χ1v) is 17.8. The number of pyridine rings is 1. The fraction of sp³-hybridized carbons (Fsp3) is 0.576. The van der Waals surface area contributed by atoms with E-state index in [0.717, 1.165) is 38.6 Å². The topological polar surface area (TPSA) is 121 Å². The summed E-state index contributed by atoms with van der Waals surface area (Å²) in [4.78, 5) is 25.3. The molecule has 4 aliphatic rings. The molecule has 0 spiro atoms. The Labute approximate surface area is 262 Å². The summed E-state index contributed by atoms with van der Waals surface area (Å²) >= 11 is 0. The standard InChI is InChI=1S/C33H40F2N6O3S/c1-23-25-8-7-9-26(16-25)33(34,35)18-24-19-40(20-24)12-5-3-2-4-6-13-41-30-27(29(39-23)37-22-38-30)17-28(31(41)42)32(21-36)10-14-45(43,44)15-11-32/h7-9,16-17,22-24H,2-6,10-15,18-20H2,1H3,(H,37,38,39)/t23-/m1/s1. The molecule has 1 aromatic carbocycles. The van der Waals surface area contributed by atoms with Gasteiger partial charge in [-0.3, -0.25) is 9.36 Å². The molecule has 45 heavy (non-hydrogen) atoms. The molecule has 7 rings (SSSR count). The zero-order valence-corrected chi connectivity index (χ0v) is 26.5. The number of alkyl halides is 2. The lowest BCUT2D eigenvalue weighted by molar-refractivity contribution is -0.0568. The van der Waals surface area contributed by atoms with Gasteiger partial charge in [-0.2, -0.15) is 5.26 Å². The molecule has 1 atom stereocenters. The minimum absolute atomic E-state index is 0.00938. The Kier molecular flexibility index (Phi) is 8.69. The molecular weight excluding hydrogens is 598 g/mol. The van der Waals surface area contributed by atoms with Crippen molar-refractivity contribution in [2.45, 2.75) is 82.2 Å². The van der Waals surface area contributed by atoms with Gasteiger partial charge in [0.25, 0.3) is 11.5 Å². The molecule has 2 saturated heterocycles. The van der Waals surface area contributed by atoms with Crippen molar-refractivity contribution in [2.24, 2.45) is 5.92 Å². The lowest BCUT2D eigenvalue weighted by atomic mass is 9.77. The summed E-state index contributed by atoms with van der Waals surface area (Å²) in [5, 5.41) is 14.3. The maximum absolute atomic E-state index is 15.5. The Bertz CT molecular complexity index is 1770. The number of aryl methyl sites for hydroxylation is 1. The third-order valence-corrected chi connectivity index (χ3v) is 11.5. The maximum Gasteiger partial charge on any atom is 0.273 e. The average Bonchev–Trinajstić information content (AvgIpc) is 3.00. The SMILES string of the molecule is C[C@H]1Nc2ncnc3c2cc(C2(C#N)CCS(=O)(=O)CC2)c(=O)n3CCCCCCCN2CC(C2)CC(F)(F)c2cccc1c2. The van der Waals surface area contributed by atoms with Crippen LogP contribution < -0.4 is 10.9 Å². The number of fused-ring (bicyclic) bond motifs is 8. The summed E-state index contributed by atoms with van der Waals surface area (Å²) in [5.74, 6) is -2.88. The first-order valence-electron chi connectivity index (χ1n) is 16.0. The van der Waals surface area contributed by atoms with Crippen molar-refractivity contribution in [3.05, 3.63) is 63.7 Å². The second kappa shape index (κ2) is 12.4. The smallest absolute Gasteiger partial charge is 0.273 e. The van der Waals surface area contributed by atoms with Crippen LogP contribution in [-0.2, 0) is 27.7 Å². The van der Waals surface area contributed by atoms with Gasteiger partial charge < -0.3 is 10.2 Å². The van der Waals surface area contributed by atoms with Crippen LogP contribution in [0.4, 0.5) is 14.6 Å². The lowest BCUT2D eigenvalue weighted by Gasteiger charge is -2.41. The normalized spacial score (nSPS) is 26.5. The Hall–Kier alpha value is -3.43. The molecule has 0 saturated carbocycles. The van der Waals surface area contributed by atoms with Crippen molar-refractivity contribution < 1.29 is 17.2 Å². The number of nitrogens with one attached hydrogen (secondary N) is 1. The summed E-state index contributed by atoms with van der Waals surface area (Å²) in [6, 6.07) is 10.0. The van der Waals surface area contributed by atoms with Crippen molar-refractivity contribution in [1.82, 2.24) is 19.4 Å². The molecule has 2 aromatic heterocycles. The number of hydrogen-bond acceptors (Lipinski definition) is 8. The zero-order chi connectivity index (χ0) is 31.8. The second-order valence-electron chi connectivity index (χ2n) is 13.1. The summed E-state index contributed by atoms with van der Waals surface area (Å²) < 4.78 is 57.1. The van der Waals surface area contributed by atoms with Crippen molar-refractivity contribution in [2.75, 3.05) is 36.5 Å². The summed E-state index contributed by atoms with van der Waals surface area (Å²) in [6.07, 6.45) is 5.92. The van der Waals surface area contributed by atoms with Gasteiger partial charge in [0.1, 0.15) is 27.6 Å². The molecule has 0 aliphatic carbocycles. The molecule has 6 heterocycles. The van der Waals surface area contributed by atoms with E-state index in [0.29, 0.717) is 42.0 Å². The monoisotopic (exact) mass is 638 g/mol. The molecule has 240 valence electrons. The van der Waals surface area contributed by atoms with Crippen molar-refractivity contribution >= 4 is 26.7 Å². The van der Waals surface area contributed by atoms with Crippen LogP contribution in [0.5, 0.6) is 0 Å². The maximum atomic E-state index is 15.5. The number of nitrogens with zero attached hydrogens (tertiary/aromatic N) is 5. The summed E-state index contributed by atoms with van der Waals surface area (Å²) in [6.45, 7) is 4.57. The van der Waals surface area contributed by atoms with E-state index in [-0.39, 0.29) is 53.4 Å². The third-order valence-electron chi connectivity index (χ3n) is 9.89. The molecule has 0 radical (unpaired) electrons. The van der Waals surface area contributed by atoms with Crippen LogP contribution in [0.3, 0.4) is 0 Å². The zero-order valence-electron chi connectivity index (χ0n) is 25.6. The molecule has 4 aliphatic heterocycles. The highest BCUT2D eigenvalue weighted by molar-refractivity contribution is 7.91. The lowest BCUT2D eigenvalue weighted by Crippen LogP contribution is -2.48. The van der Waals surface area contributed by atoms with Gasteiger partial charge >= 0.3 is 0 Å². The molecule has 0 amide bonds. The quantitative estimate of drug-likeness (QED) is 0.381. The van der Waals surface area contributed by atoms with E-state index in [1.165, 1.54) is 12.4 Å². The van der Waals surface area contributed by atoms with Gasteiger partial charge in [0.15, 0.2) is 0 Å². The van der Waals surface area contributed by atoms with Crippen molar-refractivity contribution in [3.63, 3.8) is 0 Å². The number of rotatable bonds is 1. The Morgan fingerprint density at radius 1 is 1.02 bits per heavy atom. The van der Waals surface area contributed by atoms with Crippen LogP contribution in [0.2, 0.25) is 0 Å². The Morgan fingerprint density at radius 2 is 1.73 bits per heavy atom. The van der Waals surface area contributed by atoms with Gasteiger partial charge in [0.05, 0.1) is 28.4 Å². The average molecular weight is 639 g/mol. The predicted octanol–water partition coefficient (Wildman–Crippen LogP) is 5.31. The molecule has 12 heteroatoms. The van der Waals surface area contributed by atoms with E-state index >= 15 is 8.78 Å². The Balaban J connectivity index is 1.42. The highest BCUT2D eigenvalue weighted by atomic mass is 32.2. The fourth-order valence-electron chi connectivity index (χ4n) is 7.10. The van der Waals surface area contributed by atoms with Gasteiger partial charge in [-0.1, -0.05) is 37.5 Å². The highest BCUT2D eigenvalue weighted by Crippen LogP contribution is 2.39. The molecule has 8 bridgehead atoms. The Morgan fingerprint density at radius 3 is 2.47 bits per heavy atom. The molecule has 0 unspecified atom stereocenters. The number of sulfone groups is 1. The molecule has 3 aromatic rings. The van der Waals surface area contributed by atoms with Crippen LogP contribution >= 0.6 is 0 Å². The van der Waals surface area contributed by atoms with E-state index in [1.54, 1.807) is 28.8 Å². The first-order chi connectivity index (χ1) is 21.5. The number of halogens is 2. The minimum atomic E-state index is -3.29. The van der Waals surface area contributed by atoms with Crippen LogP contribution in [0.1, 0.15) is 81.0 Å². The second-order valence-corrected chi connectivity index (χ2v) is 15.4. The van der Waals surface area contributed by atoms with Gasteiger partial charge in [-0.15, -0.1) is 0 Å². The fourth-order valence-corrected chi connectivity index (χ4v) is 8.63. The van der Waals surface area contributed by atoms with E-state index < -0.39 is 27.2 Å². The van der Waals surface area contributed by atoms with Crippen molar-refractivity contribution in [1.29, 1.82) is 5.26 Å².